The zero-order chi connectivity index (χ0) is 31.4. The number of piperidine rings is 1. The van der Waals surface area contributed by atoms with E-state index in [1.165, 1.54) is 0 Å². The molecule has 5 rings (SSSR count). The molecule has 3 amide bonds. The number of nitrogens with zero attached hydrogens (tertiary/aromatic N) is 5. The summed E-state index contributed by atoms with van der Waals surface area (Å²) in [4.78, 5) is 65.6. The van der Waals surface area contributed by atoms with Gasteiger partial charge in [0.05, 0.1) is 6.61 Å². The highest BCUT2D eigenvalue weighted by Crippen LogP contribution is 2.54. The third-order valence-corrected chi connectivity index (χ3v) is 8.88. The predicted octanol–water partition coefficient (Wildman–Crippen LogP) is 3.14. The molecule has 1 saturated carbocycles. The Morgan fingerprint density at radius 1 is 1.00 bits per heavy atom. The molecule has 2 N–H and O–H groups in total. The van der Waals surface area contributed by atoms with Gasteiger partial charge in [-0.2, -0.15) is 0 Å². The smallest absolute Gasteiger partial charge is 0.409 e. The number of benzene rings is 1. The second-order valence-corrected chi connectivity index (χ2v) is 12.3. The highest BCUT2D eigenvalue weighted by Gasteiger charge is 2.56. The molecule has 1 aromatic heterocycles. The van der Waals surface area contributed by atoms with Crippen LogP contribution in [0.2, 0.25) is 0 Å². The lowest BCUT2D eigenvalue weighted by atomic mass is 10.0. The molecule has 3 atom stereocenters. The number of hydrogen-bond donors (Lipinski definition) is 2. The number of amides is 3. The van der Waals surface area contributed by atoms with Gasteiger partial charge in [0.25, 0.3) is 5.91 Å². The number of unbranched alkanes of at least 4 members (excludes halogenated alkanes) is 1. The highest BCUT2D eigenvalue weighted by molar-refractivity contribution is 5.97. The van der Waals surface area contributed by atoms with Gasteiger partial charge in [-0.25, -0.2) is 14.8 Å². The van der Waals surface area contributed by atoms with Gasteiger partial charge in [-0.05, 0) is 30.1 Å². The first kappa shape index (κ1) is 31.2. The van der Waals surface area contributed by atoms with Gasteiger partial charge in [0.1, 0.15) is 17.6 Å². The molecule has 236 valence electrons. The number of nitrogens with one attached hydrogen (secondary N) is 1. The lowest BCUT2D eigenvalue weighted by molar-refractivity contribution is -0.137. The van der Waals surface area contributed by atoms with Crippen LogP contribution in [0.5, 0.6) is 0 Å². The van der Waals surface area contributed by atoms with Crippen LogP contribution in [-0.2, 0) is 14.3 Å². The number of carboxylic acid groups (broad SMARTS) is 1. The second-order valence-electron chi connectivity index (χ2n) is 12.3. The van der Waals surface area contributed by atoms with Crippen LogP contribution in [0, 0.1) is 23.7 Å². The Kier molecular flexibility index (Phi) is 9.65. The first-order valence-corrected chi connectivity index (χ1v) is 15.6. The van der Waals surface area contributed by atoms with Crippen molar-refractivity contribution in [3.63, 3.8) is 0 Å². The van der Waals surface area contributed by atoms with Gasteiger partial charge in [0.2, 0.25) is 5.91 Å². The molecular formula is C32H42N6O6. The summed E-state index contributed by atoms with van der Waals surface area (Å²) in [6.45, 7) is 9.01. The predicted molar refractivity (Wildman–Crippen MR) is 163 cm³/mol. The molecule has 2 aliphatic heterocycles. The number of carboxylic acids is 1. The monoisotopic (exact) mass is 606 g/mol. The van der Waals surface area contributed by atoms with E-state index in [-0.39, 0.29) is 36.0 Å². The van der Waals surface area contributed by atoms with Crippen molar-refractivity contribution in [2.24, 2.45) is 23.7 Å². The van der Waals surface area contributed by atoms with Gasteiger partial charge in [0, 0.05) is 57.3 Å². The summed E-state index contributed by atoms with van der Waals surface area (Å²) in [5.74, 6) is 0.191. The fourth-order valence-electron chi connectivity index (χ4n) is 6.20. The first-order valence-electron chi connectivity index (χ1n) is 15.6. The zero-order valence-electron chi connectivity index (χ0n) is 25.6. The largest absolute Gasteiger partial charge is 0.481 e. The SMILES string of the molecule is CCCCOC(=O)N1CCN(C(=O)[C@@H](NC(=O)c2cc(N3CC4C(CC(=O)O)C4C3)nc(-c3ccccc3)n2)C(C)C)CC1. The van der Waals surface area contributed by atoms with Crippen molar-refractivity contribution in [1.82, 2.24) is 25.1 Å². The third-order valence-electron chi connectivity index (χ3n) is 8.88. The summed E-state index contributed by atoms with van der Waals surface area (Å²) in [6.07, 6.45) is 1.57. The van der Waals surface area contributed by atoms with E-state index in [0.29, 0.717) is 69.4 Å². The maximum atomic E-state index is 13.7. The van der Waals surface area contributed by atoms with Gasteiger partial charge in [-0.15, -0.1) is 0 Å². The van der Waals surface area contributed by atoms with E-state index in [4.69, 9.17) is 9.72 Å². The van der Waals surface area contributed by atoms with E-state index < -0.39 is 17.9 Å². The molecule has 3 fully saturated rings. The summed E-state index contributed by atoms with van der Waals surface area (Å²) in [5, 5.41) is 12.1. The number of ether oxygens (including phenoxy) is 1. The van der Waals surface area contributed by atoms with Crippen LogP contribution in [0.15, 0.2) is 36.4 Å². The molecule has 3 heterocycles. The van der Waals surface area contributed by atoms with Crippen molar-refractivity contribution in [1.29, 1.82) is 0 Å². The summed E-state index contributed by atoms with van der Waals surface area (Å²) in [6, 6.07) is 10.3. The van der Waals surface area contributed by atoms with Crippen molar-refractivity contribution in [3.8, 4) is 11.4 Å². The van der Waals surface area contributed by atoms with Crippen LogP contribution >= 0.6 is 0 Å². The van der Waals surface area contributed by atoms with Gasteiger partial charge < -0.3 is 29.9 Å². The van der Waals surface area contributed by atoms with Crippen molar-refractivity contribution in [2.45, 2.75) is 46.1 Å². The van der Waals surface area contributed by atoms with Crippen LogP contribution in [0.3, 0.4) is 0 Å². The molecule has 1 aliphatic carbocycles. The van der Waals surface area contributed by atoms with Crippen LogP contribution in [0.4, 0.5) is 10.6 Å². The summed E-state index contributed by atoms with van der Waals surface area (Å²) < 4.78 is 5.31. The maximum Gasteiger partial charge on any atom is 0.409 e. The normalized spacial score (nSPS) is 21.5. The molecule has 0 radical (unpaired) electrons. The number of piperazine rings is 1. The van der Waals surface area contributed by atoms with Crippen LogP contribution < -0.4 is 10.2 Å². The molecule has 12 nitrogen and oxygen atoms in total. The first-order chi connectivity index (χ1) is 21.2. The quantitative estimate of drug-likeness (QED) is 0.369. The van der Waals surface area contributed by atoms with E-state index >= 15 is 0 Å². The number of carbonyl (C=O) groups excluding carboxylic acids is 3. The Bertz CT molecular complexity index is 1350. The molecule has 12 heteroatoms. The minimum atomic E-state index is -0.777. The van der Waals surface area contributed by atoms with Crippen molar-refractivity contribution >= 4 is 29.7 Å². The van der Waals surface area contributed by atoms with Gasteiger partial charge in [0.15, 0.2) is 5.82 Å². The Labute approximate surface area is 257 Å². The summed E-state index contributed by atoms with van der Waals surface area (Å²) >= 11 is 0. The van der Waals surface area contributed by atoms with Gasteiger partial charge in [-0.1, -0.05) is 57.5 Å². The van der Waals surface area contributed by atoms with E-state index in [1.807, 2.05) is 51.1 Å². The van der Waals surface area contributed by atoms with Crippen LogP contribution in [0.1, 0.15) is 50.5 Å². The molecule has 0 bridgehead atoms. The zero-order valence-corrected chi connectivity index (χ0v) is 25.6. The molecule has 1 aromatic carbocycles. The molecular weight excluding hydrogens is 564 g/mol. The molecule has 3 aliphatic rings. The number of hydrogen-bond acceptors (Lipinski definition) is 8. The standard InChI is InChI=1S/C32H42N6O6/c1-4-5-15-44-32(43)37-13-11-36(12-14-37)31(42)28(20(2)3)35-30(41)25-17-26(34-29(33-25)21-9-7-6-8-10-21)38-18-23-22(16-27(39)40)24(23)19-38/h6-10,17,20,22-24,28H,4-5,11-16,18-19H2,1-3H3,(H,35,41)(H,39,40)/t22?,23?,24?,28-/m0/s1. The van der Waals surface area contributed by atoms with Crippen molar-refractivity contribution in [2.75, 3.05) is 50.8 Å². The Hall–Kier alpha value is -4.22. The van der Waals surface area contributed by atoms with Crippen LogP contribution in [0.25, 0.3) is 11.4 Å². The van der Waals surface area contributed by atoms with Gasteiger partial charge in [-0.3, -0.25) is 14.4 Å². The number of fused-ring (bicyclic) bond motifs is 1. The fraction of sp³-hybridized carbons (Fsp3) is 0.562. The number of aromatic nitrogens is 2. The van der Waals surface area contributed by atoms with Crippen molar-refractivity contribution in [3.05, 3.63) is 42.1 Å². The number of rotatable bonds is 11. The molecule has 0 spiro atoms. The lowest BCUT2D eigenvalue weighted by Crippen LogP contribution is -2.57. The number of carbonyl (C=O) groups is 4. The van der Waals surface area contributed by atoms with E-state index in [9.17, 15) is 24.3 Å². The molecule has 2 saturated heterocycles. The number of anilines is 1. The second kappa shape index (κ2) is 13.6. The Morgan fingerprint density at radius 3 is 2.27 bits per heavy atom. The Morgan fingerprint density at radius 2 is 1.66 bits per heavy atom. The highest BCUT2D eigenvalue weighted by atomic mass is 16.6. The van der Waals surface area contributed by atoms with Gasteiger partial charge >= 0.3 is 12.1 Å². The minimum absolute atomic E-state index is 0.162. The van der Waals surface area contributed by atoms with E-state index in [1.54, 1.807) is 15.9 Å². The molecule has 2 aromatic rings. The van der Waals surface area contributed by atoms with Crippen LogP contribution in [-0.4, -0.2) is 101 Å². The maximum absolute atomic E-state index is 13.7. The topological polar surface area (TPSA) is 145 Å². The summed E-state index contributed by atoms with van der Waals surface area (Å²) in [7, 11) is 0. The molecule has 2 unspecified atom stereocenters. The summed E-state index contributed by atoms with van der Waals surface area (Å²) in [5.41, 5.74) is 0.925. The lowest BCUT2D eigenvalue weighted by Gasteiger charge is -2.36. The van der Waals surface area contributed by atoms with E-state index in [2.05, 4.69) is 15.2 Å². The van der Waals surface area contributed by atoms with E-state index in [0.717, 1.165) is 18.4 Å². The molecule has 44 heavy (non-hydrogen) atoms. The number of aliphatic carboxylic acids is 1. The van der Waals surface area contributed by atoms with Crippen molar-refractivity contribution < 1.29 is 29.0 Å². The third kappa shape index (κ3) is 7.11. The average Bonchev–Trinajstić information content (AvgIpc) is 3.43. The minimum Gasteiger partial charge on any atom is -0.481 e. The Balaban J connectivity index is 1.28. The fourth-order valence-corrected chi connectivity index (χ4v) is 6.20. The average molecular weight is 607 g/mol.